The van der Waals surface area contributed by atoms with Crippen LogP contribution in [0.1, 0.15) is 25.5 Å². The summed E-state index contributed by atoms with van der Waals surface area (Å²) >= 11 is 11.3. The van der Waals surface area contributed by atoms with E-state index in [0.717, 1.165) is 16.0 Å². The summed E-state index contributed by atoms with van der Waals surface area (Å²) in [4.78, 5) is 2.45. The Morgan fingerprint density at radius 2 is 1.90 bits per heavy atom. The number of nitrogens with one attached hydrogen (secondary N) is 1. The van der Waals surface area contributed by atoms with Crippen molar-refractivity contribution in [3.8, 4) is 0 Å². The minimum atomic E-state index is 0.336. The molecule has 0 aliphatic heterocycles. The molecule has 2 aromatic rings. The standard InChI is InChI=1S/C16H17BrClNS/c1-3-19-11(2)15-9-4-12(17)10-16(15)20-14-7-5-13(18)6-8-14/h4-11,19H,3H2,1-2H3. The Hall–Kier alpha value is -0.480. The topological polar surface area (TPSA) is 12.0 Å². The van der Waals surface area contributed by atoms with Gasteiger partial charge in [-0.1, -0.05) is 52.3 Å². The van der Waals surface area contributed by atoms with E-state index in [1.54, 1.807) is 11.8 Å². The lowest BCUT2D eigenvalue weighted by molar-refractivity contribution is 0.589. The smallest absolute Gasteiger partial charge is 0.0406 e. The SMILES string of the molecule is CCNC(C)c1ccc(Br)cc1Sc1ccc(Cl)cc1. The summed E-state index contributed by atoms with van der Waals surface area (Å²) in [6.45, 7) is 5.28. The van der Waals surface area contributed by atoms with E-state index in [9.17, 15) is 0 Å². The number of hydrogen-bond donors (Lipinski definition) is 1. The van der Waals surface area contributed by atoms with Crippen LogP contribution < -0.4 is 5.32 Å². The summed E-state index contributed by atoms with van der Waals surface area (Å²) in [6, 6.07) is 14.7. The lowest BCUT2D eigenvalue weighted by Gasteiger charge is -2.17. The number of halogens is 2. The molecule has 0 aliphatic rings. The zero-order valence-electron chi connectivity index (χ0n) is 11.5. The van der Waals surface area contributed by atoms with Gasteiger partial charge in [0.2, 0.25) is 0 Å². The van der Waals surface area contributed by atoms with Gasteiger partial charge < -0.3 is 5.32 Å². The Bertz CT molecular complexity index is 571. The summed E-state index contributed by atoms with van der Waals surface area (Å²) in [5.41, 5.74) is 1.31. The average Bonchev–Trinajstić information content (AvgIpc) is 2.42. The van der Waals surface area contributed by atoms with E-state index in [1.165, 1.54) is 15.4 Å². The Balaban J connectivity index is 2.29. The summed E-state index contributed by atoms with van der Waals surface area (Å²) in [5.74, 6) is 0. The maximum Gasteiger partial charge on any atom is 0.0406 e. The number of benzene rings is 2. The highest BCUT2D eigenvalue weighted by atomic mass is 79.9. The van der Waals surface area contributed by atoms with E-state index in [2.05, 4.69) is 65.4 Å². The molecule has 1 N–H and O–H groups in total. The Morgan fingerprint density at radius 3 is 2.55 bits per heavy atom. The maximum absolute atomic E-state index is 5.94. The molecule has 0 saturated carbocycles. The van der Waals surface area contributed by atoms with E-state index < -0.39 is 0 Å². The minimum absolute atomic E-state index is 0.336. The molecule has 1 atom stereocenters. The molecule has 0 radical (unpaired) electrons. The highest BCUT2D eigenvalue weighted by molar-refractivity contribution is 9.10. The van der Waals surface area contributed by atoms with Gasteiger partial charge >= 0.3 is 0 Å². The van der Waals surface area contributed by atoms with Gasteiger partial charge in [0.05, 0.1) is 0 Å². The normalized spacial score (nSPS) is 12.4. The summed E-state index contributed by atoms with van der Waals surface area (Å²) in [7, 11) is 0. The third kappa shape index (κ3) is 4.26. The van der Waals surface area contributed by atoms with Crippen molar-refractivity contribution in [1.29, 1.82) is 0 Å². The van der Waals surface area contributed by atoms with E-state index in [-0.39, 0.29) is 0 Å². The number of hydrogen-bond acceptors (Lipinski definition) is 2. The first-order valence-electron chi connectivity index (χ1n) is 6.56. The van der Waals surface area contributed by atoms with Crippen molar-refractivity contribution < 1.29 is 0 Å². The van der Waals surface area contributed by atoms with Crippen LogP contribution in [0.5, 0.6) is 0 Å². The molecule has 4 heteroatoms. The predicted octanol–water partition coefficient (Wildman–Crippen LogP) is 5.92. The molecule has 2 aromatic carbocycles. The van der Waals surface area contributed by atoms with Crippen LogP contribution in [0.3, 0.4) is 0 Å². The van der Waals surface area contributed by atoms with Gasteiger partial charge in [-0.3, -0.25) is 0 Å². The second kappa shape index (κ2) is 7.51. The second-order valence-corrected chi connectivity index (χ2v) is 6.98. The molecule has 1 unspecified atom stereocenters. The molecule has 0 aliphatic carbocycles. The molecule has 0 bridgehead atoms. The third-order valence-electron chi connectivity index (χ3n) is 2.99. The van der Waals surface area contributed by atoms with Crippen molar-refractivity contribution in [3.63, 3.8) is 0 Å². The van der Waals surface area contributed by atoms with Gasteiger partial charge in [0.25, 0.3) is 0 Å². The molecule has 0 aromatic heterocycles. The van der Waals surface area contributed by atoms with Crippen LogP contribution in [0.4, 0.5) is 0 Å². The summed E-state index contributed by atoms with van der Waals surface area (Å²) in [5, 5.41) is 4.24. The van der Waals surface area contributed by atoms with Crippen LogP contribution in [-0.4, -0.2) is 6.54 Å². The van der Waals surface area contributed by atoms with Crippen molar-refractivity contribution in [2.24, 2.45) is 0 Å². The van der Waals surface area contributed by atoms with Gasteiger partial charge in [-0.05, 0) is 55.4 Å². The van der Waals surface area contributed by atoms with Crippen molar-refractivity contribution in [2.45, 2.75) is 29.7 Å². The van der Waals surface area contributed by atoms with E-state index >= 15 is 0 Å². The predicted molar refractivity (Wildman–Crippen MR) is 91.8 cm³/mol. The van der Waals surface area contributed by atoms with Crippen molar-refractivity contribution >= 4 is 39.3 Å². The van der Waals surface area contributed by atoms with Crippen LogP contribution >= 0.6 is 39.3 Å². The van der Waals surface area contributed by atoms with E-state index in [0.29, 0.717) is 6.04 Å². The van der Waals surface area contributed by atoms with Crippen LogP contribution in [0.25, 0.3) is 0 Å². The summed E-state index contributed by atoms with van der Waals surface area (Å²) < 4.78 is 1.10. The van der Waals surface area contributed by atoms with Gasteiger partial charge in [0.15, 0.2) is 0 Å². The number of rotatable bonds is 5. The van der Waals surface area contributed by atoms with Crippen molar-refractivity contribution in [1.82, 2.24) is 5.32 Å². The molecular weight excluding hydrogens is 354 g/mol. The third-order valence-corrected chi connectivity index (χ3v) is 4.82. The average molecular weight is 371 g/mol. The minimum Gasteiger partial charge on any atom is -0.310 e. The highest BCUT2D eigenvalue weighted by Gasteiger charge is 2.11. The zero-order chi connectivity index (χ0) is 14.5. The fraction of sp³-hybridized carbons (Fsp3) is 0.250. The molecule has 2 rings (SSSR count). The molecule has 0 heterocycles. The first-order chi connectivity index (χ1) is 9.60. The van der Waals surface area contributed by atoms with Crippen molar-refractivity contribution in [3.05, 3.63) is 57.5 Å². The van der Waals surface area contributed by atoms with Gasteiger partial charge in [0, 0.05) is 25.3 Å². The largest absolute Gasteiger partial charge is 0.310 e. The lowest BCUT2D eigenvalue weighted by atomic mass is 10.1. The first-order valence-corrected chi connectivity index (χ1v) is 8.55. The molecule has 0 spiro atoms. The van der Waals surface area contributed by atoms with Crippen LogP contribution in [0.2, 0.25) is 5.02 Å². The fourth-order valence-corrected chi connectivity index (χ4v) is 3.71. The Morgan fingerprint density at radius 1 is 1.20 bits per heavy atom. The lowest BCUT2D eigenvalue weighted by Crippen LogP contribution is -2.18. The van der Waals surface area contributed by atoms with E-state index in [4.69, 9.17) is 11.6 Å². The van der Waals surface area contributed by atoms with Gasteiger partial charge in [0.1, 0.15) is 0 Å². The van der Waals surface area contributed by atoms with Crippen LogP contribution in [0.15, 0.2) is 56.7 Å². The quantitative estimate of drug-likeness (QED) is 0.700. The molecule has 106 valence electrons. The highest BCUT2D eigenvalue weighted by Crippen LogP contribution is 2.35. The van der Waals surface area contributed by atoms with Crippen molar-refractivity contribution in [2.75, 3.05) is 6.54 Å². The van der Waals surface area contributed by atoms with Gasteiger partial charge in [-0.25, -0.2) is 0 Å². The molecule has 1 nitrogen and oxygen atoms in total. The van der Waals surface area contributed by atoms with E-state index in [1.807, 2.05) is 12.1 Å². The molecular formula is C16H17BrClNS. The molecule has 0 saturated heterocycles. The van der Waals surface area contributed by atoms with Crippen LogP contribution in [-0.2, 0) is 0 Å². The Labute approximate surface area is 138 Å². The van der Waals surface area contributed by atoms with Gasteiger partial charge in [-0.15, -0.1) is 0 Å². The maximum atomic E-state index is 5.94. The molecule has 0 fully saturated rings. The van der Waals surface area contributed by atoms with Crippen LogP contribution in [0, 0.1) is 0 Å². The molecule has 0 amide bonds. The molecule has 20 heavy (non-hydrogen) atoms. The zero-order valence-corrected chi connectivity index (χ0v) is 14.6. The fourth-order valence-electron chi connectivity index (χ4n) is 2.00. The van der Waals surface area contributed by atoms with Gasteiger partial charge in [-0.2, -0.15) is 0 Å². The monoisotopic (exact) mass is 369 g/mol. The first kappa shape index (κ1) is 15.9. The second-order valence-electron chi connectivity index (χ2n) is 4.52. The summed E-state index contributed by atoms with van der Waals surface area (Å²) in [6.07, 6.45) is 0. The Kier molecular flexibility index (Phi) is 5.97.